The quantitative estimate of drug-likeness (QED) is 0.166. The van der Waals surface area contributed by atoms with Crippen LogP contribution in [0.1, 0.15) is 98.8 Å². The Bertz CT molecular complexity index is 2050. The third-order valence-corrected chi connectivity index (χ3v) is 14.3. The summed E-state index contributed by atoms with van der Waals surface area (Å²) in [7, 11) is -0.314. The third-order valence-electron chi connectivity index (χ3n) is 10.9. The summed E-state index contributed by atoms with van der Waals surface area (Å²) in [6.45, 7) is 27.8. The maximum atomic E-state index is 12.3. The van der Waals surface area contributed by atoms with Gasteiger partial charge in [0.15, 0.2) is 23.0 Å². The Morgan fingerprint density at radius 3 is 1.55 bits per heavy atom. The number of ether oxygens (including phenoxy) is 6. The van der Waals surface area contributed by atoms with Crippen molar-refractivity contribution in [3.63, 3.8) is 0 Å². The summed E-state index contributed by atoms with van der Waals surface area (Å²) < 4.78 is 48.4. The molecule has 0 unspecified atom stereocenters. The van der Waals surface area contributed by atoms with Crippen LogP contribution in [-0.4, -0.2) is 104 Å². The van der Waals surface area contributed by atoms with Gasteiger partial charge in [-0.05, 0) is 173 Å². The number of benzene rings is 2. The average Bonchev–Trinajstić information content (AvgIpc) is 3.43. The van der Waals surface area contributed by atoms with Gasteiger partial charge in [-0.3, -0.25) is 0 Å². The zero-order valence-corrected chi connectivity index (χ0v) is 43.4. The van der Waals surface area contributed by atoms with Gasteiger partial charge >= 0.3 is 19.3 Å². The minimum absolute atomic E-state index is 0.267. The topological polar surface area (TPSA) is 166 Å². The van der Waals surface area contributed by atoms with Gasteiger partial charge in [-0.15, -0.1) is 0 Å². The molecule has 14 nitrogen and oxygen atoms in total. The fourth-order valence-corrected chi connectivity index (χ4v) is 8.69. The first-order chi connectivity index (χ1) is 28.7. The van der Waals surface area contributed by atoms with Crippen LogP contribution in [0.5, 0.6) is 23.0 Å². The molecule has 342 valence electrons. The predicted molar refractivity (Wildman–Crippen MR) is 258 cm³/mol. The fraction of sp³-hybridized carbons (Fsp3) is 0.591. The van der Waals surface area contributed by atoms with E-state index in [-0.39, 0.29) is 30.5 Å². The molecule has 5 aliphatic heterocycles. The van der Waals surface area contributed by atoms with Crippen LogP contribution in [0, 0.1) is 17.4 Å². The molecular weight excluding hydrogens is 1040 g/mol. The first kappa shape index (κ1) is 49.9. The molecule has 5 aliphatic rings. The van der Waals surface area contributed by atoms with Gasteiger partial charge < -0.3 is 59.0 Å². The summed E-state index contributed by atoms with van der Waals surface area (Å²) in [5.41, 5.74) is 17.0. The van der Waals surface area contributed by atoms with Crippen LogP contribution < -0.4 is 30.4 Å². The lowest BCUT2D eigenvalue weighted by Crippen LogP contribution is -2.41. The molecule has 0 spiro atoms. The minimum Gasteiger partial charge on any atom is -0.485 e. The lowest BCUT2D eigenvalue weighted by atomic mass is 9.75. The molecule has 0 aliphatic carbocycles. The summed E-state index contributed by atoms with van der Waals surface area (Å²) in [6.07, 6.45) is 4.98. The van der Waals surface area contributed by atoms with Crippen molar-refractivity contribution in [1.29, 1.82) is 0 Å². The van der Waals surface area contributed by atoms with Crippen LogP contribution in [-0.2, 0) is 18.8 Å². The molecule has 62 heavy (non-hydrogen) atoms. The van der Waals surface area contributed by atoms with E-state index in [1.807, 2.05) is 89.2 Å². The van der Waals surface area contributed by atoms with E-state index in [2.05, 4.69) is 60.5 Å². The average molecular weight is 1100 g/mol. The van der Waals surface area contributed by atoms with Crippen molar-refractivity contribution in [2.24, 2.45) is 0 Å². The Hall–Kier alpha value is -3.07. The van der Waals surface area contributed by atoms with Crippen LogP contribution in [0.25, 0.3) is 5.57 Å². The van der Waals surface area contributed by atoms with Crippen molar-refractivity contribution >= 4 is 90.7 Å². The van der Waals surface area contributed by atoms with Crippen LogP contribution in [0.4, 0.5) is 21.0 Å². The SMILES string of the molecule is CC(C)(C)OC(=O)N1CC=C(B2OC(C)(C)C(C)(C)O2)CC1.Cc1c(Br)c(N)c2c(c1C1=CCN(C(=O)OC(C)(C)C)CC1)OCCO2.Cc1c(Br)c(N)c2c(c1I)OCCO2. The summed E-state index contributed by atoms with van der Waals surface area (Å²) in [4.78, 5) is 27.7. The van der Waals surface area contributed by atoms with Crippen molar-refractivity contribution in [1.82, 2.24) is 9.80 Å². The second-order valence-corrected chi connectivity index (χ2v) is 21.2. The van der Waals surface area contributed by atoms with Crippen molar-refractivity contribution < 1.29 is 47.3 Å². The summed E-state index contributed by atoms with van der Waals surface area (Å²) in [6, 6.07) is 0. The second-order valence-electron chi connectivity index (χ2n) is 18.6. The number of nitrogen functional groups attached to an aromatic ring is 2. The van der Waals surface area contributed by atoms with E-state index in [1.165, 1.54) is 0 Å². The van der Waals surface area contributed by atoms with Crippen LogP contribution in [0.2, 0.25) is 0 Å². The number of nitrogens with two attached hydrogens (primary N) is 2. The first-order valence-electron chi connectivity index (χ1n) is 20.8. The van der Waals surface area contributed by atoms with Gasteiger partial charge in [-0.1, -0.05) is 12.2 Å². The van der Waals surface area contributed by atoms with Crippen molar-refractivity contribution in [2.75, 3.05) is 64.1 Å². The smallest absolute Gasteiger partial charge is 0.485 e. The number of hydrogen-bond donors (Lipinski definition) is 2. The second kappa shape index (κ2) is 19.6. The molecule has 0 radical (unpaired) electrons. The van der Waals surface area contributed by atoms with Crippen LogP contribution in [0.3, 0.4) is 0 Å². The number of nitrogens with zero attached hydrogens (tertiary/aromatic N) is 2. The van der Waals surface area contributed by atoms with Gasteiger partial charge in [0.25, 0.3) is 0 Å². The number of carbonyl (C=O) groups is 2. The number of anilines is 2. The number of halogens is 3. The van der Waals surface area contributed by atoms with E-state index >= 15 is 0 Å². The largest absolute Gasteiger partial charge is 0.490 e. The highest BCUT2D eigenvalue weighted by molar-refractivity contribution is 14.1. The van der Waals surface area contributed by atoms with Crippen LogP contribution in [0.15, 0.2) is 26.6 Å². The summed E-state index contributed by atoms with van der Waals surface area (Å²) >= 11 is 9.25. The van der Waals surface area contributed by atoms with Gasteiger partial charge in [0, 0.05) is 40.7 Å². The van der Waals surface area contributed by atoms with E-state index in [9.17, 15) is 9.59 Å². The zero-order valence-electron chi connectivity index (χ0n) is 38.1. The molecule has 2 aromatic rings. The molecule has 4 N–H and O–H groups in total. The monoisotopic (exact) mass is 1100 g/mol. The summed E-state index contributed by atoms with van der Waals surface area (Å²) in [5.74, 6) is 2.73. The highest BCUT2D eigenvalue weighted by Gasteiger charge is 2.52. The Morgan fingerprint density at radius 2 is 1.11 bits per heavy atom. The molecule has 7 rings (SSSR count). The van der Waals surface area contributed by atoms with Gasteiger partial charge in [-0.2, -0.15) is 0 Å². The van der Waals surface area contributed by atoms with Crippen LogP contribution >= 0.6 is 54.5 Å². The molecule has 1 saturated heterocycles. The standard InChI is InChI=1S/C19H25BrN2O4.C16H28BNO4.C9H9BrINO2/c1-11-13(16-17(15(21)14(11)20)25-10-9-24-16)12-5-7-22(8-6-12)18(23)26-19(2,3)4;1-14(2,3)20-13(19)18-10-8-12(9-11-18)17-21-15(4,5)16(6,7)22-17;1-4-5(10)7(12)9-8(6(4)11)13-2-3-14-9/h5H,6-10,21H2,1-4H3;8H,9-11H2,1-7H3;2-3,12H2,1H3. The first-order valence-corrected chi connectivity index (χ1v) is 23.5. The van der Waals surface area contributed by atoms with Crippen molar-refractivity contribution in [3.05, 3.63) is 46.8 Å². The Kier molecular flexibility index (Phi) is 15.8. The number of fused-ring (bicyclic) bond motifs is 2. The molecule has 18 heteroatoms. The Balaban J connectivity index is 0.000000183. The Labute approximate surface area is 397 Å². The van der Waals surface area contributed by atoms with Gasteiger partial charge in [-0.25, -0.2) is 9.59 Å². The van der Waals surface area contributed by atoms with E-state index in [0.717, 1.165) is 52.4 Å². The predicted octanol–water partition coefficient (Wildman–Crippen LogP) is 10.0. The van der Waals surface area contributed by atoms with E-state index in [0.29, 0.717) is 87.7 Å². The number of carbonyl (C=O) groups excluding carboxylic acids is 2. The normalized spacial score (nSPS) is 18.9. The molecule has 0 saturated carbocycles. The highest BCUT2D eigenvalue weighted by atomic mass is 127. The maximum Gasteiger partial charge on any atom is 0.490 e. The summed E-state index contributed by atoms with van der Waals surface area (Å²) in [5, 5.41) is 0. The van der Waals surface area contributed by atoms with Gasteiger partial charge in [0.05, 0.1) is 26.1 Å². The fourth-order valence-electron chi connectivity index (χ4n) is 6.90. The maximum absolute atomic E-state index is 12.3. The van der Waals surface area contributed by atoms with E-state index < -0.39 is 11.2 Å². The molecule has 2 amide bonds. The minimum atomic E-state index is -0.496. The van der Waals surface area contributed by atoms with Crippen molar-refractivity contribution in [2.45, 2.75) is 118 Å². The third kappa shape index (κ3) is 11.6. The molecule has 1 fully saturated rings. The van der Waals surface area contributed by atoms with E-state index in [4.69, 9.17) is 49.2 Å². The lowest BCUT2D eigenvalue weighted by Gasteiger charge is -2.32. The Morgan fingerprint density at radius 1 is 0.694 bits per heavy atom. The van der Waals surface area contributed by atoms with E-state index in [1.54, 1.807) is 9.80 Å². The lowest BCUT2D eigenvalue weighted by molar-refractivity contribution is 0.00578. The number of amides is 2. The van der Waals surface area contributed by atoms with Gasteiger partial charge in [0.2, 0.25) is 0 Å². The molecular formula is C44H62BBr2IN4O10. The zero-order chi connectivity index (χ0) is 46.1. The number of hydrogen-bond acceptors (Lipinski definition) is 12. The molecule has 0 bridgehead atoms. The van der Waals surface area contributed by atoms with Gasteiger partial charge in [0.1, 0.15) is 37.6 Å². The number of rotatable bonds is 2. The molecule has 0 aromatic heterocycles. The highest BCUT2D eigenvalue weighted by Crippen LogP contribution is 2.50. The molecule has 5 heterocycles. The molecule has 2 aromatic carbocycles. The van der Waals surface area contributed by atoms with Crippen molar-refractivity contribution in [3.8, 4) is 23.0 Å². The molecule has 0 atom stereocenters.